The Balaban J connectivity index is 1.80. The Morgan fingerprint density at radius 1 is 0.964 bits per heavy atom. The zero-order chi connectivity index (χ0) is 20.6. The molecule has 150 valence electrons. The second-order valence-electron chi connectivity index (χ2n) is 6.29. The van der Waals surface area contributed by atoms with Crippen LogP contribution in [0, 0.1) is 0 Å². The van der Waals surface area contributed by atoms with E-state index >= 15 is 0 Å². The van der Waals surface area contributed by atoms with Gasteiger partial charge in [-0.25, -0.2) is 8.42 Å². The van der Waals surface area contributed by atoms with Crippen LogP contribution in [-0.2, 0) is 22.8 Å². The molecule has 0 bridgehead atoms. The maximum absolute atomic E-state index is 11.6. The van der Waals surface area contributed by atoms with Gasteiger partial charge >= 0.3 is 0 Å². The molecule has 0 saturated heterocycles. The number of sulfone groups is 1. The molecule has 0 fully saturated rings. The summed E-state index contributed by atoms with van der Waals surface area (Å²) in [4.78, 5) is 16.1. The van der Waals surface area contributed by atoms with Crippen LogP contribution in [0.5, 0.6) is 0 Å². The number of nitrogens with zero attached hydrogens (tertiary/aromatic N) is 1. The Bertz CT molecular complexity index is 921. The highest BCUT2D eigenvalue weighted by atomic mass is 32.2. The van der Waals surface area contributed by atoms with Crippen molar-refractivity contribution in [3.05, 3.63) is 65.2 Å². The number of carbonyl (C=O) groups excluding carboxylic acids is 1. The first-order chi connectivity index (χ1) is 13.3. The number of benzene rings is 2. The normalized spacial score (nSPS) is 11.8. The van der Waals surface area contributed by atoms with Gasteiger partial charge < -0.3 is 16.0 Å². The molecule has 1 amide bonds. The van der Waals surface area contributed by atoms with Crippen LogP contribution in [0.2, 0.25) is 0 Å². The molecule has 0 saturated carbocycles. The van der Waals surface area contributed by atoms with E-state index in [-0.39, 0.29) is 5.91 Å². The highest BCUT2D eigenvalue weighted by Gasteiger charge is 2.06. The van der Waals surface area contributed by atoms with Gasteiger partial charge in [-0.1, -0.05) is 24.3 Å². The predicted octanol–water partition coefficient (Wildman–Crippen LogP) is 1.36. The standard InChI is InChI=1S/C20H26N4O3S/c1-21-19(25)17-8-4-16(5-9-17)14-24-20(22-2)23-13-12-15-6-10-18(11-7-15)28(3,26)27/h4-11H,12-14H2,1-3H3,(H,21,25)(H2,22,23,24). The summed E-state index contributed by atoms with van der Waals surface area (Å²) in [5.74, 6) is 0.560. The predicted molar refractivity (Wildman–Crippen MR) is 111 cm³/mol. The third-order valence-corrected chi connectivity index (χ3v) is 5.31. The smallest absolute Gasteiger partial charge is 0.251 e. The molecule has 0 spiro atoms. The summed E-state index contributed by atoms with van der Waals surface area (Å²) in [6.45, 7) is 1.24. The van der Waals surface area contributed by atoms with E-state index in [1.807, 2.05) is 24.3 Å². The minimum absolute atomic E-state index is 0.110. The quantitative estimate of drug-likeness (QED) is 0.480. The summed E-state index contributed by atoms with van der Waals surface area (Å²) >= 11 is 0. The Hall–Kier alpha value is -2.87. The second kappa shape index (κ2) is 9.89. The van der Waals surface area contributed by atoms with Crippen molar-refractivity contribution in [1.29, 1.82) is 0 Å². The molecule has 28 heavy (non-hydrogen) atoms. The van der Waals surface area contributed by atoms with Gasteiger partial charge in [0.15, 0.2) is 15.8 Å². The molecule has 0 unspecified atom stereocenters. The lowest BCUT2D eigenvalue weighted by atomic mass is 10.1. The summed E-state index contributed by atoms with van der Waals surface area (Å²) < 4.78 is 23.0. The zero-order valence-corrected chi connectivity index (χ0v) is 17.1. The molecular formula is C20H26N4O3S. The fraction of sp³-hybridized carbons (Fsp3) is 0.300. The van der Waals surface area contributed by atoms with Crippen LogP contribution in [0.25, 0.3) is 0 Å². The van der Waals surface area contributed by atoms with Crippen LogP contribution < -0.4 is 16.0 Å². The van der Waals surface area contributed by atoms with Crippen molar-refractivity contribution in [2.24, 2.45) is 4.99 Å². The van der Waals surface area contributed by atoms with Crippen molar-refractivity contribution in [3.63, 3.8) is 0 Å². The van der Waals surface area contributed by atoms with E-state index in [0.717, 1.165) is 17.5 Å². The van der Waals surface area contributed by atoms with Gasteiger partial charge in [-0.3, -0.25) is 9.79 Å². The minimum atomic E-state index is -3.17. The summed E-state index contributed by atoms with van der Waals surface area (Å²) in [5.41, 5.74) is 2.70. The summed E-state index contributed by atoms with van der Waals surface area (Å²) in [6.07, 6.45) is 1.94. The number of carbonyl (C=O) groups is 1. The van der Waals surface area contributed by atoms with E-state index in [9.17, 15) is 13.2 Å². The van der Waals surface area contributed by atoms with Gasteiger partial charge in [0.1, 0.15) is 0 Å². The van der Waals surface area contributed by atoms with Crippen LogP contribution in [0.1, 0.15) is 21.5 Å². The number of rotatable bonds is 7. The summed E-state index contributed by atoms with van der Waals surface area (Å²) in [7, 11) is 0.137. The molecule has 0 radical (unpaired) electrons. The molecule has 2 aromatic rings. The lowest BCUT2D eigenvalue weighted by Crippen LogP contribution is -2.37. The number of guanidine groups is 1. The third kappa shape index (κ3) is 6.38. The molecule has 0 aliphatic rings. The average Bonchev–Trinajstić information content (AvgIpc) is 2.70. The molecule has 0 aromatic heterocycles. The Labute approximate surface area is 166 Å². The van der Waals surface area contributed by atoms with Crippen molar-refractivity contribution < 1.29 is 13.2 Å². The zero-order valence-electron chi connectivity index (χ0n) is 16.3. The molecule has 2 rings (SSSR count). The van der Waals surface area contributed by atoms with Crippen LogP contribution in [0.3, 0.4) is 0 Å². The van der Waals surface area contributed by atoms with Crippen molar-refractivity contribution >= 4 is 21.7 Å². The number of hydrogen-bond donors (Lipinski definition) is 3. The maximum Gasteiger partial charge on any atom is 0.251 e. The first-order valence-corrected chi connectivity index (χ1v) is 10.8. The first-order valence-electron chi connectivity index (χ1n) is 8.88. The lowest BCUT2D eigenvalue weighted by Gasteiger charge is -2.12. The van der Waals surface area contributed by atoms with Crippen molar-refractivity contribution in [1.82, 2.24) is 16.0 Å². The first kappa shape index (κ1) is 21.4. The van der Waals surface area contributed by atoms with Crippen molar-refractivity contribution in [2.75, 3.05) is 26.9 Å². The summed E-state index contributed by atoms with van der Waals surface area (Å²) in [6, 6.07) is 14.3. The Kier molecular flexibility index (Phi) is 7.57. The van der Waals surface area contributed by atoms with Crippen LogP contribution >= 0.6 is 0 Å². The van der Waals surface area contributed by atoms with Crippen LogP contribution in [0.4, 0.5) is 0 Å². The SMILES string of the molecule is CN=C(NCCc1ccc(S(C)(=O)=O)cc1)NCc1ccc(C(=O)NC)cc1. The van der Waals surface area contributed by atoms with Crippen LogP contribution in [0.15, 0.2) is 58.4 Å². The van der Waals surface area contributed by atoms with Gasteiger partial charge in [0.05, 0.1) is 4.90 Å². The molecule has 0 aliphatic heterocycles. The maximum atomic E-state index is 11.6. The minimum Gasteiger partial charge on any atom is -0.356 e. The van der Waals surface area contributed by atoms with E-state index in [1.54, 1.807) is 38.4 Å². The van der Waals surface area contributed by atoms with Gasteiger partial charge in [0, 0.05) is 39.0 Å². The fourth-order valence-electron chi connectivity index (χ4n) is 2.55. The average molecular weight is 403 g/mol. The summed E-state index contributed by atoms with van der Waals surface area (Å²) in [5, 5.41) is 9.04. The van der Waals surface area contributed by atoms with Crippen molar-refractivity contribution in [3.8, 4) is 0 Å². The Morgan fingerprint density at radius 3 is 2.11 bits per heavy atom. The molecule has 3 N–H and O–H groups in total. The van der Waals surface area contributed by atoms with E-state index in [1.165, 1.54) is 6.26 Å². The van der Waals surface area contributed by atoms with Crippen LogP contribution in [-0.4, -0.2) is 47.2 Å². The van der Waals surface area contributed by atoms with E-state index < -0.39 is 9.84 Å². The highest BCUT2D eigenvalue weighted by molar-refractivity contribution is 7.90. The van der Waals surface area contributed by atoms with Gasteiger partial charge in [-0.05, 0) is 41.8 Å². The second-order valence-corrected chi connectivity index (χ2v) is 8.31. The lowest BCUT2D eigenvalue weighted by molar-refractivity contribution is 0.0963. The number of amides is 1. The number of nitrogens with one attached hydrogen (secondary N) is 3. The van der Waals surface area contributed by atoms with E-state index in [0.29, 0.717) is 29.5 Å². The third-order valence-electron chi connectivity index (χ3n) is 4.18. The molecule has 0 aliphatic carbocycles. The van der Waals surface area contributed by atoms with E-state index in [4.69, 9.17) is 0 Å². The molecule has 0 heterocycles. The number of hydrogen-bond acceptors (Lipinski definition) is 4. The molecule has 2 aromatic carbocycles. The van der Waals surface area contributed by atoms with Gasteiger partial charge in [-0.15, -0.1) is 0 Å². The molecule has 8 heteroatoms. The van der Waals surface area contributed by atoms with E-state index in [2.05, 4.69) is 20.9 Å². The van der Waals surface area contributed by atoms with Gasteiger partial charge in [0.2, 0.25) is 0 Å². The fourth-order valence-corrected chi connectivity index (χ4v) is 3.18. The highest BCUT2D eigenvalue weighted by Crippen LogP contribution is 2.10. The monoisotopic (exact) mass is 402 g/mol. The topological polar surface area (TPSA) is 99.7 Å². The van der Waals surface area contributed by atoms with Gasteiger partial charge in [0.25, 0.3) is 5.91 Å². The Morgan fingerprint density at radius 2 is 1.57 bits per heavy atom. The number of aliphatic imine (C=N–C) groups is 1. The van der Waals surface area contributed by atoms with Gasteiger partial charge in [-0.2, -0.15) is 0 Å². The molecule has 0 atom stereocenters. The molecule has 7 nitrogen and oxygen atoms in total. The largest absolute Gasteiger partial charge is 0.356 e. The van der Waals surface area contributed by atoms with Crippen molar-refractivity contribution in [2.45, 2.75) is 17.9 Å². The molecular weight excluding hydrogens is 376 g/mol.